The van der Waals surface area contributed by atoms with Gasteiger partial charge in [-0.05, 0) is 31.6 Å². The van der Waals surface area contributed by atoms with Crippen LogP contribution in [-0.2, 0) is 0 Å². The number of hydrogen-bond acceptors (Lipinski definition) is 6. The number of aromatic carboxylic acids is 1. The predicted molar refractivity (Wildman–Crippen MR) is 90.6 cm³/mol. The molecule has 0 saturated heterocycles. The van der Waals surface area contributed by atoms with Crippen molar-refractivity contribution in [1.82, 2.24) is 9.55 Å². The lowest BCUT2D eigenvalue weighted by Crippen LogP contribution is -2.22. The van der Waals surface area contributed by atoms with E-state index in [1.807, 2.05) is 13.8 Å². The average molecular weight is 346 g/mol. The predicted octanol–water partition coefficient (Wildman–Crippen LogP) is 1.70. The number of benzene rings is 1. The van der Waals surface area contributed by atoms with Gasteiger partial charge in [-0.3, -0.25) is 19.3 Å². The fourth-order valence-corrected chi connectivity index (χ4v) is 2.51. The number of rotatable bonds is 5. The van der Waals surface area contributed by atoms with E-state index in [9.17, 15) is 19.8 Å². The van der Waals surface area contributed by atoms with Crippen LogP contribution in [0, 0.1) is 4.77 Å². The number of hydrogen-bond donors (Lipinski definition) is 2. The maximum absolute atomic E-state index is 12.0. The lowest BCUT2D eigenvalue weighted by molar-refractivity contribution is -0.254. The number of nitrogens with one attached hydrogen (secondary N) is 1. The van der Waals surface area contributed by atoms with Crippen molar-refractivity contribution >= 4 is 30.1 Å². The number of carboxylic acid groups (broad SMARTS) is 1. The second kappa shape index (κ2) is 7.22. The normalized spacial score (nSPS) is 12.4. The summed E-state index contributed by atoms with van der Waals surface area (Å²) in [5.74, 6) is -1.69. The van der Waals surface area contributed by atoms with E-state index in [0.29, 0.717) is 6.42 Å². The van der Waals surface area contributed by atoms with Gasteiger partial charge in [-0.15, -0.1) is 0 Å². The molecule has 24 heavy (non-hydrogen) atoms. The molecule has 1 aromatic carbocycles. The number of aromatic hydroxyl groups is 1. The van der Waals surface area contributed by atoms with Gasteiger partial charge in [0, 0.05) is 17.8 Å². The zero-order valence-electron chi connectivity index (χ0n) is 13.1. The Hall–Kier alpha value is -2.74. The molecule has 126 valence electrons. The molecule has 2 rings (SSSR count). The molecular weight excluding hydrogens is 330 g/mol. The van der Waals surface area contributed by atoms with Crippen LogP contribution in [0.3, 0.4) is 0 Å². The first kappa shape index (κ1) is 17.6. The molecule has 8 heteroatoms. The summed E-state index contributed by atoms with van der Waals surface area (Å²) in [5, 5.41) is 21.4. The van der Waals surface area contributed by atoms with Crippen molar-refractivity contribution in [2.75, 3.05) is 0 Å². The Morgan fingerprint density at radius 1 is 1.50 bits per heavy atom. The van der Waals surface area contributed by atoms with E-state index in [1.165, 1.54) is 22.8 Å². The van der Waals surface area contributed by atoms with Gasteiger partial charge in [0.05, 0.1) is 11.7 Å². The van der Waals surface area contributed by atoms with E-state index >= 15 is 0 Å². The largest absolute Gasteiger partial charge is 0.545 e. The summed E-state index contributed by atoms with van der Waals surface area (Å²) in [6, 6.07) is 5.83. The highest BCUT2D eigenvalue weighted by atomic mass is 32.1. The third-order valence-electron chi connectivity index (χ3n) is 3.64. The second-order valence-corrected chi connectivity index (χ2v) is 5.57. The third kappa shape index (κ3) is 3.43. The summed E-state index contributed by atoms with van der Waals surface area (Å²) in [7, 11) is 0. The molecule has 0 fully saturated rings. The highest BCUT2D eigenvalue weighted by molar-refractivity contribution is 7.71. The van der Waals surface area contributed by atoms with Crippen molar-refractivity contribution in [3.63, 3.8) is 0 Å². The standard InChI is InChI=1S/C16H17N3O4S/c1-3-9(2)19-14(21)11(13(20)18-16(19)24)8-17-12-7-5-4-6-10(12)15(22)23/h4-9,21H,3H2,1-2H3,(H,22,23)(H,18,20,24)/p-1/t9-/m1/s1. The highest BCUT2D eigenvalue weighted by Gasteiger charge is 2.14. The molecule has 7 nitrogen and oxygen atoms in total. The molecule has 1 atom stereocenters. The van der Waals surface area contributed by atoms with Crippen LogP contribution in [0.1, 0.15) is 42.2 Å². The van der Waals surface area contributed by atoms with Gasteiger partial charge in [0.2, 0.25) is 5.88 Å². The minimum atomic E-state index is -1.38. The molecule has 0 unspecified atom stereocenters. The smallest absolute Gasteiger partial charge is 0.264 e. The molecule has 0 saturated carbocycles. The molecule has 0 aliphatic rings. The molecule has 0 spiro atoms. The molecule has 0 radical (unpaired) electrons. The van der Waals surface area contributed by atoms with Crippen LogP contribution in [0.25, 0.3) is 0 Å². The Morgan fingerprint density at radius 3 is 2.79 bits per heavy atom. The van der Waals surface area contributed by atoms with Gasteiger partial charge >= 0.3 is 0 Å². The van der Waals surface area contributed by atoms with Gasteiger partial charge in [-0.1, -0.05) is 25.1 Å². The summed E-state index contributed by atoms with van der Waals surface area (Å²) in [6.07, 6.45) is 1.81. The zero-order chi connectivity index (χ0) is 17.9. The summed E-state index contributed by atoms with van der Waals surface area (Å²) in [4.78, 5) is 29.6. The number of aromatic amines is 1. The van der Waals surface area contributed by atoms with Crippen LogP contribution in [0.4, 0.5) is 5.69 Å². The number of para-hydroxylation sites is 1. The number of nitrogens with zero attached hydrogens (tertiary/aromatic N) is 2. The Balaban J connectivity index is 2.57. The van der Waals surface area contributed by atoms with Crippen LogP contribution in [0.2, 0.25) is 0 Å². The van der Waals surface area contributed by atoms with Crippen molar-refractivity contribution < 1.29 is 15.0 Å². The second-order valence-electron chi connectivity index (χ2n) is 5.19. The highest BCUT2D eigenvalue weighted by Crippen LogP contribution is 2.22. The molecule has 2 N–H and O–H groups in total. The molecular formula is C16H16N3O4S-. The van der Waals surface area contributed by atoms with Gasteiger partial charge in [0.1, 0.15) is 5.56 Å². The van der Waals surface area contributed by atoms with Gasteiger partial charge in [0.25, 0.3) is 5.56 Å². The Bertz CT molecular complexity index is 914. The molecule has 0 amide bonds. The number of carbonyl (C=O) groups is 1. The summed E-state index contributed by atoms with van der Waals surface area (Å²) in [6.45, 7) is 3.76. The lowest BCUT2D eigenvalue weighted by atomic mass is 10.2. The average Bonchev–Trinajstić information content (AvgIpc) is 2.54. The third-order valence-corrected chi connectivity index (χ3v) is 3.94. The van der Waals surface area contributed by atoms with Gasteiger partial charge in [-0.2, -0.15) is 0 Å². The molecule has 2 aromatic rings. The Kier molecular flexibility index (Phi) is 5.30. The maximum Gasteiger partial charge on any atom is 0.264 e. The first-order valence-corrected chi connectivity index (χ1v) is 7.69. The molecule has 0 aliphatic carbocycles. The van der Waals surface area contributed by atoms with E-state index in [4.69, 9.17) is 12.2 Å². The minimum Gasteiger partial charge on any atom is -0.545 e. The van der Waals surface area contributed by atoms with Gasteiger partial charge < -0.3 is 15.0 Å². The number of H-pyrrole nitrogens is 1. The van der Waals surface area contributed by atoms with Crippen molar-refractivity contribution in [3.8, 4) is 5.88 Å². The number of carboxylic acids is 1. The van der Waals surface area contributed by atoms with E-state index in [0.717, 1.165) is 6.21 Å². The van der Waals surface area contributed by atoms with Gasteiger partial charge in [-0.25, -0.2) is 0 Å². The molecule has 0 bridgehead atoms. The fraction of sp³-hybridized carbons (Fsp3) is 0.250. The first-order chi connectivity index (χ1) is 11.4. The van der Waals surface area contributed by atoms with Crippen LogP contribution in [0.15, 0.2) is 34.1 Å². The SMILES string of the molecule is CC[C@@H](C)n1c(O)c(C=Nc2ccccc2C(=O)[O-])c(=O)[nH]c1=S. The van der Waals surface area contributed by atoms with Crippen molar-refractivity contribution in [2.45, 2.75) is 26.3 Å². The first-order valence-electron chi connectivity index (χ1n) is 7.29. The van der Waals surface area contributed by atoms with E-state index in [-0.39, 0.29) is 33.5 Å². The van der Waals surface area contributed by atoms with Crippen molar-refractivity contribution in [3.05, 3.63) is 50.5 Å². The summed E-state index contributed by atoms with van der Waals surface area (Å²) >= 11 is 5.08. The molecule has 1 heterocycles. The van der Waals surface area contributed by atoms with Crippen molar-refractivity contribution in [1.29, 1.82) is 0 Å². The molecule has 0 aliphatic heterocycles. The summed E-state index contributed by atoms with van der Waals surface area (Å²) in [5.41, 5.74) is -0.697. The van der Waals surface area contributed by atoms with Crippen LogP contribution < -0.4 is 10.7 Å². The number of aliphatic imine (C=N–C) groups is 1. The summed E-state index contributed by atoms with van der Waals surface area (Å²) < 4.78 is 1.53. The van der Waals surface area contributed by atoms with E-state index in [1.54, 1.807) is 6.07 Å². The van der Waals surface area contributed by atoms with Crippen molar-refractivity contribution in [2.24, 2.45) is 4.99 Å². The Morgan fingerprint density at radius 2 is 2.17 bits per heavy atom. The van der Waals surface area contributed by atoms with Gasteiger partial charge in [0.15, 0.2) is 4.77 Å². The quantitative estimate of drug-likeness (QED) is 0.632. The van der Waals surface area contributed by atoms with Crippen LogP contribution >= 0.6 is 12.2 Å². The van der Waals surface area contributed by atoms with E-state index < -0.39 is 11.5 Å². The zero-order valence-corrected chi connectivity index (χ0v) is 14.0. The maximum atomic E-state index is 12.0. The number of aromatic nitrogens is 2. The topological polar surface area (TPSA) is 111 Å². The monoisotopic (exact) mass is 346 g/mol. The van der Waals surface area contributed by atoms with E-state index in [2.05, 4.69) is 9.98 Å². The minimum absolute atomic E-state index is 0.1000. The number of carbonyl (C=O) groups excluding carboxylic acids is 1. The lowest BCUT2D eigenvalue weighted by Gasteiger charge is -2.16. The fourth-order valence-electron chi connectivity index (χ4n) is 2.15. The van der Waals surface area contributed by atoms with Crippen LogP contribution in [-0.4, -0.2) is 26.8 Å². The molecule has 1 aromatic heterocycles. The van der Waals surface area contributed by atoms with Crippen LogP contribution in [0.5, 0.6) is 5.88 Å². The Labute approximate surface area is 142 Å².